The Morgan fingerprint density at radius 2 is 1.61 bits per heavy atom. The topological polar surface area (TPSA) is 193 Å². The molecule has 0 aromatic heterocycles. The molecule has 0 saturated carbocycles. The molecule has 1 aliphatic heterocycles. The van der Waals surface area contributed by atoms with Crippen LogP contribution in [0.25, 0.3) is 6.08 Å². The third-order valence-corrected chi connectivity index (χ3v) is 5.04. The average Bonchev–Trinajstić information content (AvgIpc) is 3.01. The van der Waals surface area contributed by atoms with Crippen molar-refractivity contribution in [3.05, 3.63) is 78.7 Å². The lowest BCUT2D eigenvalue weighted by Gasteiger charge is -2.08. The van der Waals surface area contributed by atoms with Gasteiger partial charge in [-0.25, -0.2) is 4.79 Å². The number of primary amides is 1. The van der Waals surface area contributed by atoms with Gasteiger partial charge in [0.25, 0.3) is 22.5 Å². The van der Waals surface area contributed by atoms with E-state index in [0.717, 1.165) is 18.2 Å². The average molecular weight is 472 g/mol. The minimum atomic E-state index is -1.05. The summed E-state index contributed by atoms with van der Waals surface area (Å²) in [5.74, 6) is -2.54. The Morgan fingerprint density at radius 1 is 1.03 bits per heavy atom. The van der Waals surface area contributed by atoms with Gasteiger partial charge in [0.15, 0.2) is 0 Å². The number of hydrogen-bond acceptors (Lipinski definition) is 10. The lowest BCUT2D eigenvalue weighted by Crippen LogP contribution is -2.36. The Balaban J connectivity index is 1.76. The number of nitrogens with two attached hydrogens (primary N) is 1. The first-order valence-corrected chi connectivity index (χ1v) is 9.66. The smallest absolute Gasteiger partial charge is 0.344 e. The molecule has 3 amide bonds. The number of imide groups is 1. The number of benzene rings is 2. The molecule has 13 nitrogen and oxygen atoms in total. The van der Waals surface area contributed by atoms with Crippen LogP contribution in [0.5, 0.6) is 5.75 Å². The van der Waals surface area contributed by atoms with E-state index >= 15 is 0 Å². The van der Waals surface area contributed by atoms with Crippen molar-refractivity contribution in [2.24, 2.45) is 5.73 Å². The van der Waals surface area contributed by atoms with Gasteiger partial charge in [0.2, 0.25) is 5.91 Å². The first kappa shape index (κ1) is 23.1. The first-order valence-electron chi connectivity index (χ1n) is 8.85. The molecule has 0 spiro atoms. The Morgan fingerprint density at radius 3 is 2.12 bits per heavy atom. The van der Waals surface area contributed by atoms with Crippen LogP contribution in [0.3, 0.4) is 0 Å². The Bertz CT molecular complexity index is 1210. The van der Waals surface area contributed by atoms with Gasteiger partial charge in [0, 0.05) is 12.1 Å². The van der Waals surface area contributed by atoms with Gasteiger partial charge in [-0.1, -0.05) is 12.1 Å². The number of thioether (sulfide) groups is 1. The lowest BCUT2D eigenvalue weighted by atomic mass is 10.1. The number of amides is 3. The van der Waals surface area contributed by atoms with Gasteiger partial charge >= 0.3 is 5.97 Å². The molecule has 3 rings (SSSR count). The molecule has 1 fully saturated rings. The van der Waals surface area contributed by atoms with E-state index in [0.29, 0.717) is 22.2 Å². The van der Waals surface area contributed by atoms with Gasteiger partial charge in [0.1, 0.15) is 12.3 Å². The van der Waals surface area contributed by atoms with E-state index in [1.54, 1.807) is 0 Å². The summed E-state index contributed by atoms with van der Waals surface area (Å²) in [6, 6.07) is 8.04. The predicted octanol–water partition coefficient (Wildman–Crippen LogP) is 2.24. The van der Waals surface area contributed by atoms with Crippen molar-refractivity contribution in [3.63, 3.8) is 0 Å². The highest BCUT2D eigenvalue weighted by Crippen LogP contribution is 2.32. The summed E-state index contributed by atoms with van der Waals surface area (Å²) in [5, 5.41) is 21.3. The van der Waals surface area contributed by atoms with Crippen LogP contribution in [-0.2, 0) is 9.59 Å². The third kappa shape index (κ3) is 5.37. The SMILES string of the molecule is NC(=O)CN1C(=O)S/C(=C\c2ccc(OC(=O)c3cc([N+](=O)[O-])cc([N+](=O)[O-])c3)cc2)C1=O. The van der Waals surface area contributed by atoms with Crippen LogP contribution in [-0.4, -0.2) is 44.3 Å². The number of nitrogens with zero attached hydrogens (tertiary/aromatic N) is 3. The molecular formula is C19H12N4O9S. The summed E-state index contributed by atoms with van der Waals surface area (Å²) in [6.07, 6.45) is 1.39. The summed E-state index contributed by atoms with van der Waals surface area (Å²) in [4.78, 5) is 68.3. The van der Waals surface area contributed by atoms with Crippen molar-refractivity contribution in [2.75, 3.05) is 6.54 Å². The minimum absolute atomic E-state index is 0.0214. The summed E-state index contributed by atoms with van der Waals surface area (Å²) >= 11 is 0.633. The fourth-order valence-electron chi connectivity index (χ4n) is 2.67. The molecule has 0 atom stereocenters. The van der Waals surface area contributed by atoms with Gasteiger partial charge in [-0.05, 0) is 35.5 Å². The van der Waals surface area contributed by atoms with E-state index in [1.165, 1.54) is 30.3 Å². The molecule has 0 aliphatic carbocycles. The number of rotatable bonds is 7. The molecule has 2 N–H and O–H groups in total. The van der Waals surface area contributed by atoms with E-state index in [-0.39, 0.29) is 16.2 Å². The summed E-state index contributed by atoms with van der Waals surface area (Å²) in [6.45, 7) is -0.535. The largest absolute Gasteiger partial charge is 0.423 e. The van der Waals surface area contributed by atoms with Crippen LogP contribution in [0.2, 0.25) is 0 Å². The molecule has 0 unspecified atom stereocenters. The van der Waals surface area contributed by atoms with E-state index in [1.807, 2.05) is 0 Å². The quantitative estimate of drug-likeness (QED) is 0.205. The highest BCUT2D eigenvalue weighted by atomic mass is 32.2. The van der Waals surface area contributed by atoms with Crippen molar-refractivity contribution in [3.8, 4) is 5.75 Å². The molecule has 1 saturated heterocycles. The van der Waals surface area contributed by atoms with Gasteiger partial charge in [-0.3, -0.25) is 39.5 Å². The standard InChI is InChI=1S/C19H12N4O9S/c20-16(24)9-21-17(25)15(33-19(21)27)5-10-1-3-14(4-2-10)32-18(26)11-6-12(22(28)29)8-13(7-11)23(30)31/h1-8H,9H2,(H2,20,24)/b15-5-. The van der Waals surface area contributed by atoms with E-state index in [9.17, 15) is 39.4 Å². The maximum absolute atomic E-state index is 12.3. The van der Waals surface area contributed by atoms with E-state index < -0.39 is 50.8 Å². The Labute approximate surface area is 188 Å². The van der Waals surface area contributed by atoms with Crippen LogP contribution < -0.4 is 10.5 Å². The van der Waals surface area contributed by atoms with Gasteiger partial charge in [0.05, 0.1) is 26.4 Å². The van der Waals surface area contributed by atoms with Crippen LogP contribution in [0.15, 0.2) is 47.4 Å². The highest BCUT2D eigenvalue weighted by molar-refractivity contribution is 8.18. The molecule has 2 aromatic rings. The molecule has 33 heavy (non-hydrogen) atoms. The number of carbonyl (C=O) groups excluding carboxylic acids is 4. The first-order chi connectivity index (χ1) is 15.5. The van der Waals surface area contributed by atoms with Gasteiger partial charge < -0.3 is 10.5 Å². The maximum Gasteiger partial charge on any atom is 0.344 e. The maximum atomic E-state index is 12.3. The van der Waals surface area contributed by atoms with Crippen LogP contribution in [0.1, 0.15) is 15.9 Å². The summed E-state index contributed by atoms with van der Waals surface area (Å²) in [7, 11) is 0. The number of nitro benzene ring substituents is 2. The Kier molecular flexibility index (Phi) is 6.48. The van der Waals surface area contributed by atoms with E-state index in [2.05, 4.69) is 0 Å². The second-order valence-electron chi connectivity index (χ2n) is 6.45. The lowest BCUT2D eigenvalue weighted by molar-refractivity contribution is -0.394. The molecular weight excluding hydrogens is 460 g/mol. The molecule has 1 heterocycles. The summed E-state index contributed by atoms with van der Waals surface area (Å²) < 4.78 is 5.10. The zero-order chi connectivity index (χ0) is 24.3. The monoisotopic (exact) mass is 472 g/mol. The molecule has 0 radical (unpaired) electrons. The van der Waals surface area contributed by atoms with Crippen molar-refractivity contribution >= 4 is 52.2 Å². The fourth-order valence-corrected chi connectivity index (χ4v) is 3.50. The Hall–Kier alpha value is -4.59. The third-order valence-electron chi connectivity index (χ3n) is 4.14. The number of carbonyl (C=O) groups is 4. The van der Waals surface area contributed by atoms with Gasteiger partial charge in [-0.2, -0.15) is 0 Å². The minimum Gasteiger partial charge on any atom is -0.423 e. The second kappa shape index (κ2) is 9.27. The number of esters is 1. The molecule has 168 valence electrons. The summed E-state index contributed by atoms with van der Waals surface area (Å²) in [5.41, 5.74) is 3.81. The van der Waals surface area contributed by atoms with Crippen LogP contribution in [0, 0.1) is 20.2 Å². The zero-order valence-electron chi connectivity index (χ0n) is 16.3. The zero-order valence-corrected chi connectivity index (χ0v) is 17.1. The van der Waals surface area contributed by atoms with Crippen molar-refractivity contribution < 1.29 is 33.8 Å². The second-order valence-corrected chi connectivity index (χ2v) is 7.44. The predicted molar refractivity (Wildman–Crippen MR) is 113 cm³/mol. The van der Waals surface area contributed by atoms with Crippen molar-refractivity contribution in [1.29, 1.82) is 0 Å². The fraction of sp³-hybridized carbons (Fsp3) is 0.0526. The van der Waals surface area contributed by atoms with Crippen LogP contribution in [0.4, 0.5) is 16.2 Å². The highest BCUT2D eigenvalue weighted by Gasteiger charge is 2.35. The molecule has 14 heteroatoms. The van der Waals surface area contributed by atoms with Crippen molar-refractivity contribution in [2.45, 2.75) is 0 Å². The number of ether oxygens (including phenoxy) is 1. The molecule has 1 aliphatic rings. The molecule has 0 bridgehead atoms. The van der Waals surface area contributed by atoms with E-state index in [4.69, 9.17) is 10.5 Å². The number of non-ortho nitro benzene ring substituents is 2. The van der Waals surface area contributed by atoms with Gasteiger partial charge in [-0.15, -0.1) is 0 Å². The van der Waals surface area contributed by atoms with Crippen molar-refractivity contribution in [1.82, 2.24) is 4.90 Å². The normalized spacial score (nSPS) is 14.4. The number of nitro groups is 2. The van der Waals surface area contributed by atoms with Crippen LogP contribution >= 0.6 is 11.8 Å². The molecule has 2 aromatic carbocycles. The number of hydrogen-bond donors (Lipinski definition) is 1.